The molecule has 0 spiro atoms. The van der Waals surface area contributed by atoms with Crippen LogP contribution in [0.15, 0.2) is 0 Å². The van der Waals surface area contributed by atoms with Crippen LogP contribution in [0.2, 0.25) is 0 Å². The minimum Gasteiger partial charge on any atom is -0.342 e. The third-order valence-electron chi connectivity index (χ3n) is 2.81. The highest BCUT2D eigenvalue weighted by Gasteiger charge is 2.24. The summed E-state index contributed by atoms with van der Waals surface area (Å²) in [7, 11) is 0. The van der Waals surface area contributed by atoms with Gasteiger partial charge in [0.15, 0.2) is 0 Å². The van der Waals surface area contributed by atoms with Crippen molar-refractivity contribution >= 4 is 0 Å². The summed E-state index contributed by atoms with van der Waals surface area (Å²) in [6.07, 6.45) is 5.81. The van der Waals surface area contributed by atoms with Crippen LogP contribution in [0.5, 0.6) is 0 Å². The largest absolute Gasteiger partial charge is 0.342 e. The second-order valence-corrected chi connectivity index (χ2v) is 4.36. The van der Waals surface area contributed by atoms with E-state index in [-0.39, 0.29) is 0 Å². The molecule has 1 aliphatic carbocycles. The van der Waals surface area contributed by atoms with E-state index in [9.17, 15) is 0 Å². The van der Waals surface area contributed by atoms with Crippen LogP contribution < -0.4 is 5.32 Å². The Bertz CT molecular complexity index is 109. The molecular weight excluding hydrogens is 134 g/mol. The van der Waals surface area contributed by atoms with Crippen LogP contribution in [0.1, 0.15) is 46.5 Å². The summed E-state index contributed by atoms with van der Waals surface area (Å²) in [6.45, 7) is 6.99. The van der Waals surface area contributed by atoms with E-state index in [1.807, 2.05) is 0 Å². The van der Waals surface area contributed by atoms with Gasteiger partial charge in [0, 0.05) is 5.92 Å². The van der Waals surface area contributed by atoms with Crippen LogP contribution in [0.3, 0.4) is 0 Å². The molecule has 0 bridgehead atoms. The first-order chi connectivity index (χ1) is 5.20. The highest BCUT2D eigenvalue weighted by atomic mass is 14.9. The summed E-state index contributed by atoms with van der Waals surface area (Å²) in [5, 5.41) is 2.55. The summed E-state index contributed by atoms with van der Waals surface area (Å²) in [5.74, 6) is 0.950. The molecule has 1 rings (SSSR count). The average molecular weight is 156 g/mol. The van der Waals surface area contributed by atoms with Gasteiger partial charge in [0.25, 0.3) is 0 Å². The minimum atomic E-state index is 0.778. The van der Waals surface area contributed by atoms with E-state index in [1.165, 1.54) is 25.7 Å². The molecule has 1 heteroatoms. The quantitative estimate of drug-likeness (QED) is 0.624. The molecule has 0 aliphatic heterocycles. The molecule has 0 heterocycles. The number of quaternary nitrogens is 1. The maximum atomic E-state index is 2.55. The smallest absolute Gasteiger partial charge is 0.0886 e. The Balaban J connectivity index is 2.29. The van der Waals surface area contributed by atoms with Gasteiger partial charge in [-0.25, -0.2) is 0 Å². The van der Waals surface area contributed by atoms with Crippen molar-refractivity contribution in [2.45, 2.75) is 58.5 Å². The highest BCUT2D eigenvalue weighted by molar-refractivity contribution is 4.70. The lowest BCUT2D eigenvalue weighted by Crippen LogP contribution is -2.95. The van der Waals surface area contributed by atoms with Crippen molar-refractivity contribution in [1.82, 2.24) is 0 Å². The first kappa shape index (κ1) is 9.05. The molecule has 0 aromatic rings. The molecule has 1 nitrogen and oxygen atoms in total. The number of hydrogen-bond acceptors (Lipinski definition) is 0. The van der Waals surface area contributed by atoms with E-state index in [0.29, 0.717) is 0 Å². The molecular formula is C10H22N+. The maximum absolute atomic E-state index is 2.55. The minimum absolute atomic E-state index is 0.778. The standard InChI is InChI=1S/C10H21N/c1-8(2)11-10-7-5-4-6-9(10)3/h8-11H,4-7H2,1-3H3/p+1. The second-order valence-electron chi connectivity index (χ2n) is 4.36. The lowest BCUT2D eigenvalue weighted by atomic mass is 9.85. The highest BCUT2D eigenvalue weighted by Crippen LogP contribution is 2.21. The summed E-state index contributed by atoms with van der Waals surface area (Å²) >= 11 is 0. The van der Waals surface area contributed by atoms with Gasteiger partial charge >= 0.3 is 0 Å². The molecule has 0 aromatic heterocycles. The van der Waals surface area contributed by atoms with Crippen molar-refractivity contribution in [2.24, 2.45) is 5.92 Å². The van der Waals surface area contributed by atoms with Crippen molar-refractivity contribution in [3.8, 4) is 0 Å². The zero-order chi connectivity index (χ0) is 8.27. The van der Waals surface area contributed by atoms with E-state index in [4.69, 9.17) is 0 Å². The lowest BCUT2D eigenvalue weighted by molar-refractivity contribution is -0.723. The van der Waals surface area contributed by atoms with Gasteiger partial charge < -0.3 is 5.32 Å². The fourth-order valence-electron chi connectivity index (χ4n) is 2.13. The summed E-state index contributed by atoms with van der Waals surface area (Å²) in [5.41, 5.74) is 0. The Labute approximate surface area is 70.6 Å². The Morgan fingerprint density at radius 1 is 1.18 bits per heavy atom. The van der Waals surface area contributed by atoms with E-state index in [0.717, 1.165) is 18.0 Å². The van der Waals surface area contributed by atoms with Gasteiger partial charge in [-0.3, -0.25) is 0 Å². The number of rotatable bonds is 2. The van der Waals surface area contributed by atoms with E-state index in [2.05, 4.69) is 26.1 Å². The van der Waals surface area contributed by atoms with E-state index in [1.54, 1.807) is 0 Å². The van der Waals surface area contributed by atoms with Gasteiger partial charge in [-0.05, 0) is 33.1 Å². The van der Waals surface area contributed by atoms with Crippen molar-refractivity contribution in [1.29, 1.82) is 0 Å². The molecule has 1 aliphatic rings. The Morgan fingerprint density at radius 2 is 1.82 bits per heavy atom. The zero-order valence-corrected chi connectivity index (χ0v) is 8.14. The van der Waals surface area contributed by atoms with Crippen LogP contribution >= 0.6 is 0 Å². The van der Waals surface area contributed by atoms with Crippen LogP contribution in [-0.4, -0.2) is 12.1 Å². The third-order valence-corrected chi connectivity index (χ3v) is 2.81. The summed E-state index contributed by atoms with van der Waals surface area (Å²) in [6, 6.07) is 1.70. The molecule has 1 fully saturated rings. The first-order valence-corrected chi connectivity index (χ1v) is 5.05. The number of nitrogens with two attached hydrogens (primary N) is 1. The fourth-order valence-corrected chi connectivity index (χ4v) is 2.13. The Morgan fingerprint density at radius 3 is 2.36 bits per heavy atom. The Hall–Kier alpha value is -0.0400. The molecule has 2 unspecified atom stereocenters. The third kappa shape index (κ3) is 2.82. The van der Waals surface area contributed by atoms with Gasteiger partial charge in [0.05, 0.1) is 12.1 Å². The lowest BCUT2D eigenvalue weighted by Gasteiger charge is -2.28. The van der Waals surface area contributed by atoms with Crippen molar-refractivity contribution in [3.63, 3.8) is 0 Å². The van der Waals surface area contributed by atoms with Gasteiger partial charge in [0.1, 0.15) is 0 Å². The molecule has 1 saturated carbocycles. The molecule has 2 N–H and O–H groups in total. The van der Waals surface area contributed by atoms with E-state index < -0.39 is 0 Å². The average Bonchev–Trinajstić information content (AvgIpc) is 1.93. The van der Waals surface area contributed by atoms with Gasteiger partial charge in [0.2, 0.25) is 0 Å². The molecule has 0 radical (unpaired) electrons. The Kier molecular flexibility index (Phi) is 3.38. The molecule has 0 aromatic carbocycles. The van der Waals surface area contributed by atoms with Crippen molar-refractivity contribution in [2.75, 3.05) is 0 Å². The van der Waals surface area contributed by atoms with Crippen LogP contribution in [0, 0.1) is 5.92 Å². The predicted molar refractivity (Wildman–Crippen MR) is 48.5 cm³/mol. The van der Waals surface area contributed by atoms with Crippen molar-refractivity contribution in [3.05, 3.63) is 0 Å². The predicted octanol–water partition coefficient (Wildman–Crippen LogP) is 1.54. The summed E-state index contributed by atoms with van der Waals surface area (Å²) < 4.78 is 0. The van der Waals surface area contributed by atoms with E-state index >= 15 is 0 Å². The van der Waals surface area contributed by atoms with Crippen LogP contribution in [0.25, 0.3) is 0 Å². The van der Waals surface area contributed by atoms with Gasteiger partial charge in [-0.1, -0.05) is 13.3 Å². The number of hydrogen-bond donors (Lipinski definition) is 1. The SMILES string of the molecule is CC(C)[NH2+]C1CCCCC1C. The maximum Gasteiger partial charge on any atom is 0.0886 e. The van der Waals surface area contributed by atoms with Crippen LogP contribution in [-0.2, 0) is 0 Å². The monoisotopic (exact) mass is 156 g/mol. The molecule has 11 heavy (non-hydrogen) atoms. The topological polar surface area (TPSA) is 16.6 Å². The zero-order valence-electron chi connectivity index (χ0n) is 8.14. The molecule has 2 atom stereocenters. The first-order valence-electron chi connectivity index (χ1n) is 5.05. The van der Waals surface area contributed by atoms with Gasteiger partial charge in [-0.2, -0.15) is 0 Å². The second kappa shape index (κ2) is 4.10. The molecule has 66 valence electrons. The normalized spacial score (nSPS) is 32.7. The van der Waals surface area contributed by atoms with Crippen molar-refractivity contribution < 1.29 is 5.32 Å². The van der Waals surface area contributed by atoms with Gasteiger partial charge in [-0.15, -0.1) is 0 Å². The van der Waals surface area contributed by atoms with Crippen LogP contribution in [0.4, 0.5) is 0 Å². The fraction of sp³-hybridized carbons (Fsp3) is 1.00. The summed E-state index contributed by atoms with van der Waals surface area (Å²) in [4.78, 5) is 0. The molecule has 0 amide bonds. The molecule has 0 saturated heterocycles.